The molecule has 0 unspecified atom stereocenters. The summed E-state index contributed by atoms with van der Waals surface area (Å²) in [6.45, 7) is 8.85. The van der Waals surface area contributed by atoms with Gasteiger partial charge in [0.25, 0.3) is 5.91 Å². The second kappa shape index (κ2) is 9.62. The molecule has 150 valence electrons. The van der Waals surface area contributed by atoms with Crippen LogP contribution in [0.5, 0.6) is 5.75 Å². The Balaban J connectivity index is 1.79. The summed E-state index contributed by atoms with van der Waals surface area (Å²) in [6.07, 6.45) is 0.821. The van der Waals surface area contributed by atoms with Crippen LogP contribution in [-0.4, -0.2) is 66.5 Å². The number of hydrogen-bond donors (Lipinski definition) is 1. The van der Waals surface area contributed by atoms with Crippen LogP contribution >= 0.6 is 23.2 Å². The number of halogens is 2. The fourth-order valence-electron chi connectivity index (χ4n) is 2.84. The topological polar surface area (TPSA) is 61.9 Å². The standard InChI is InChI=1S/C19H27Cl2N3O3/c1-19(2,3)22-17(25)12-23-7-4-8-24(10-9-23)18(26)13-27-14-5-6-15(20)16(21)11-14/h5-6,11H,4,7-10,12-13H2,1-3H3,(H,22,25). The molecule has 0 aromatic heterocycles. The normalized spacial score (nSPS) is 16.0. The lowest BCUT2D eigenvalue weighted by Gasteiger charge is -2.25. The van der Waals surface area contributed by atoms with Crippen molar-refractivity contribution in [3.63, 3.8) is 0 Å². The van der Waals surface area contributed by atoms with E-state index in [0.29, 0.717) is 42.0 Å². The monoisotopic (exact) mass is 415 g/mol. The SMILES string of the molecule is CC(C)(C)NC(=O)CN1CCCN(C(=O)COc2ccc(Cl)c(Cl)c2)CC1. The molecule has 1 aliphatic rings. The van der Waals surface area contributed by atoms with Crippen LogP contribution < -0.4 is 10.1 Å². The van der Waals surface area contributed by atoms with E-state index >= 15 is 0 Å². The maximum atomic E-state index is 12.4. The lowest BCUT2D eigenvalue weighted by atomic mass is 10.1. The molecule has 1 saturated heterocycles. The predicted octanol–water partition coefficient (Wildman–Crippen LogP) is 2.82. The van der Waals surface area contributed by atoms with Crippen LogP contribution in [0.4, 0.5) is 0 Å². The van der Waals surface area contributed by atoms with Crippen molar-refractivity contribution in [3.05, 3.63) is 28.2 Å². The van der Waals surface area contributed by atoms with Crippen molar-refractivity contribution in [3.8, 4) is 5.75 Å². The third kappa shape index (κ3) is 7.56. The van der Waals surface area contributed by atoms with Gasteiger partial charge in [-0.2, -0.15) is 0 Å². The summed E-state index contributed by atoms with van der Waals surface area (Å²) in [7, 11) is 0. The first-order valence-electron chi connectivity index (χ1n) is 9.03. The number of carbonyl (C=O) groups excluding carboxylic acids is 2. The molecule has 2 rings (SSSR count). The van der Waals surface area contributed by atoms with Gasteiger partial charge in [-0.1, -0.05) is 23.2 Å². The number of benzene rings is 1. The minimum Gasteiger partial charge on any atom is -0.484 e. The predicted molar refractivity (Wildman–Crippen MR) is 107 cm³/mol. The second-order valence-corrected chi connectivity index (χ2v) is 8.49. The van der Waals surface area contributed by atoms with Gasteiger partial charge in [-0.15, -0.1) is 0 Å². The molecule has 0 spiro atoms. The molecule has 8 heteroatoms. The van der Waals surface area contributed by atoms with E-state index in [4.69, 9.17) is 27.9 Å². The van der Waals surface area contributed by atoms with Crippen LogP contribution in [0, 0.1) is 0 Å². The van der Waals surface area contributed by atoms with E-state index in [0.717, 1.165) is 13.0 Å². The molecular weight excluding hydrogens is 389 g/mol. The van der Waals surface area contributed by atoms with Gasteiger partial charge in [0.05, 0.1) is 16.6 Å². The fraction of sp³-hybridized carbons (Fsp3) is 0.579. The highest BCUT2D eigenvalue weighted by molar-refractivity contribution is 6.42. The van der Waals surface area contributed by atoms with Crippen LogP contribution in [0.2, 0.25) is 10.0 Å². The smallest absolute Gasteiger partial charge is 0.260 e. The van der Waals surface area contributed by atoms with E-state index in [1.807, 2.05) is 20.8 Å². The molecule has 1 aromatic carbocycles. The van der Waals surface area contributed by atoms with Crippen molar-refractivity contribution < 1.29 is 14.3 Å². The highest BCUT2D eigenvalue weighted by atomic mass is 35.5. The van der Waals surface area contributed by atoms with Gasteiger partial charge in [-0.25, -0.2) is 0 Å². The molecule has 1 aliphatic heterocycles. The summed E-state index contributed by atoms with van der Waals surface area (Å²) in [4.78, 5) is 28.4. The molecule has 0 aliphatic carbocycles. The Labute approximate surface area is 170 Å². The zero-order chi connectivity index (χ0) is 20.0. The van der Waals surface area contributed by atoms with E-state index in [1.165, 1.54) is 0 Å². The van der Waals surface area contributed by atoms with Gasteiger partial charge in [-0.05, 0) is 39.3 Å². The van der Waals surface area contributed by atoms with Crippen molar-refractivity contribution >= 4 is 35.0 Å². The molecule has 0 radical (unpaired) electrons. The number of nitrogens with one attached hydrogen (secondary N) is 1. The largest absolute Gasteiger partial charge is 0.484 e. The molecule has 1 heterocycles. The average molecular weight is 416 g/mol. The van der Waals surface area contributed by atoms with Gasteiger partial charge in [0.2, 0.25) is 5.91 Å². The molecule has 0 bridgehead atoms. The lowest BCUT2D eigenvalue weighted by Crippen LogP contribution is -2.46. The van der Waals surface area contributed by atoms with E-state index < -0.39 is 0 Å². The quantitative estimate of drug-likeness (QED) is 0.802. The van der Waals surface area contributed by atoms with Gasteiger partial charge in [0, 0.05) is 37.8 Å². The Morgan fingerprint density at radius 3 is 2.52 bits per heavy atom. The number of rotatable bonds is 5. The van der Waals surface area contributed by atoms with E-state index in [-0.39, 0.29) is 24.0 Å². The fourth-order valence-corrected chi connectivity index (χ4v) is 3.13. The molecular formula is C19H27Cl2N3O3. The summed E-state index contributed by atoms with van der Waals surface area (Å²) >= 11 is 11.8. The summed E-state index contributed by atoms with van der Waals surface area (Å²) in [5.74, 6) is 0.431. The number of carbonyl (C=O) groups is 2. The maximum Gasteiger partial charge on any atom is 0.260 e. The molecule has 2 amide bonds. The molecule has 0 atom stereocenters. The van der Waals surface area contributed by atoms with Crippen molar-refractivity contribution in [2.24, 2.45) is 0 Å². The first kappa shape index (κ1) is 21.8. The average Bonchev–Trinajstić information content (AvgIpc) is 2.79. The van der Waals surface area contributed by atoms with Gasteiger partial charge < -0.3 is 15.0 Å². The zero-order valence-corrected chi connectivity index (χ0v) is 17.6. The highest BCUT2D eigenvalue weighted by Crippen LogP contribution is 2.26. The van der Waals surface area contributed by atoms with Gasteiger partial charge in [0.1, 0.15) is 5.75 Å². The number of hydrogen-bond acceptors (Lipinski definition) is 4. The zero-order valence-electron chi connectivity index (χ0n) is 16.1. The van der Waals surface area contributed by atoms with E-state index in [9.17, 15) is 9.59 Å². The third-order valence-corrected chi connectivity index (χ3v) is 4.82. The third-order valence-electron chi connectivity index (χ3n) is 4.08. The first-order valence-corrected chi connectivity index (χ1v) is 9.78. The summed E-state index contributed by atoms with van der Waals surface area (Å²) in [5.41, 5.74) is -0.243. The van der Waals surface area contributed by atoms with E-state index in [2.05, 4.69) is 10.2 Å². The molecule has 6 nitrogen and oxygen atoms in total. The lowest BCUT2D eigenvalue weighted by molar-refractivity contribution is -0.133. The maximum absolute atomic E-state index is 12.4. The van der Waals surface area contributed by atoms with Crippen molar-refractivity contribution in [2.75, 3.05) is 39.3 Å². The van der Waals surface area contributed by atoms with Crippen LogP contribution in [0.15, 0.2) is 18.2 Å². The van der Waals surface area contributed by atoms with Crippen LogP contribution in [0.1, 0.15) is 27.2 Å². The molecule has 1 aromatic rings. The minimum atomic E-state index is -0.243. The molecule has 1 N–H and O–H groups in total. The first-order chi connectivity index (χ1) is 12.6. The highest BCUT2D eigenvalue weighted by Gasteiger charge is 2.22. The van der Waals surface area contributed by atoms with Crippen LogP contribution in [0.25, 0.3) is 0 Å². The van der Waals surface area contributed by atoms with Crippen LogP contribution in [-0.2, 0) is 9.59 Å². The van der Waals surface area contributed by atoms with Gasteiger partial charge >= 0.3 is 0 Å². The number of amides is 2. The molecule has 27 heavy (non-hydrogen) atoms. The molecule has 0 saturated carbocycles. The summed E-state index contributed by atoms with van der Waals surface area (Å²) in [5, 5.41) is 3.80. The Morgan fingerprint density at radius 1 is 1.11 bits per heavy atom. The van der Waals surface area contributed by atoms with Crippen molar-refractivity contribution in [1.29, 1.82) is 0 Å². The Bertz CT molecular complexity index is 677. The number of nitrogens with zero attached hydrogens (tertiary/aromatic N) is 2. The van der Waals surface area contributed by atoms with Crippen molar-refractivity contribution in [1.82, 2.24) is 15.1 Å². The van der Waals surface area contributed by atoms with Crippen LogP contribution in [0.3, 0.4) is 0 Å². The van der Waals surface area contributed by atoms with E-state index in [1.54, 1.807) is 23.1 Å². The molecule has 1 fully saturated rings. The Morgan fingerprint density at radius 2 is 1.85 bits per heavy atom. The van der Waals surface area contributed by atoms with Gasteiger partial charge in [-0.3, -0.25) is 14.5 Å². The van der Waals surface area contributed by atoms with Crippen molar-refractivity contribution in [2.45, 2.75) is 32.7 Å². The summed E-state index contributed by atoms with van der Waals surface area (Å²) < 4.78 is 5.53. The second-order valence-electron chi connectivity index (χ2n) is 7.67. The Kier molecular flexibility index (Phi) is 7.77. The minimum absolute atomic E-state index is 0.00484. The van der Waals surface area contributed by atoms with Gasteiger partial charge in [0.15, 0.2) is 6.61 Å². The summed E-state index contributed by atoms with van der Waals surface area (Å²) in [6, 6.07) is 4.91. The number of ether oxygens (including phenoxy) is 1. The Hall–Kier alpha value is -1.50.